The Morgan fingerprint density at radius 3 is 2.61 bits per heavy atom. The quantitative estimate of drug-likeness (QED) is 0.715. The molecule has 1 aromatic heterocycles. The lowest BCUT2D eigenvalue weighted by atomic mass is 9.78. The van der Waals surface area contributed by atoms with Gasteiger partial charge in [0, 0.05) is 24.4 Å². The lowest BCUT2D eigenvalue weighted by Gasteiger charge is -2.26. The van der Waals surface area contributed by atoms with Crippen LogP contribution in [0.3, 0.4) is 0 Å². The number of amides is 1. The summed E-state index contributed by atoms with van der Waals surface area (Å²) in [7, 11) is -3.71. The van der Waals surface area contributed by atoms with Gasteiger partial charge in [-0.2, -0.15) is 0 Å². The smallest absolute Gasteiger partial charge is 0.240 e. The number of Topliss-reactive ketones (excluding diaryl/α,β-unsaturated/α-hetero) is 1. The van der Waals surface area contributed by atoms with Gasteiger partial charge in [0.25, 0.3) is 0 Å². The number of carbonyl (C=O) groups excluding carboxylic acids is 2. The van der Waals surface area contributed by atoms with E-state index in [1.807, 2.05) is 13.8 Å². The predicted octanol–water partition coefficient (Wildman–Crippen LogP) is 3.26. The highest BCUT2D eigenvalue weighted by atomic mass is 35.5. The standard InChI is InChI=1S/C18H20ClN3O4S2/c1-18(2)9-13-16(14(23)10-18)27-17(21-13)22-15(24)7-8-20-28(25,26)12-5-3-11(19)4-6-12/h3-6,20H,7-10H2,1-2H3,(H,21,22,24). The van der Waals surface area contributed by atoms with Crippen LogP contribution in [0.1, 0.15) is 42.1 Å². The molecule has 3 rings (SSSR count). The summed E-state index contributed by atoms with van der Waals surface area (Å²) in [5.74, 6) is -0.336. The molecule has 0 atom stereocenters. The summed E-state index contributed by atoms with van der Waals surface area (Å²) in [6.07, 6.45) is 1.08. The zero-order valence-electron chi connectivity index (χ0n) is 15.4. The van der Waals surface area contributed by atoms with Crippen LogP contribution in [-0.2, 0) is 21.2 Å². The Morgan fingerprint density at radius 2 is 1.93 bits per heavy atom. The highest BCUT2D eigenvalue weighted by molar-refractivity contribution is 7.89. The third-order valence-corrected chi connectivity index (χ3v) is 7.03. The van der Waals surface area contributed by atoms with Crippen LogP contribution < -0.4 is 10.0 Å². The first kappa shape index (κ1) is 20.9. The van der Waals surface area contributed by atoms with E-state index in [1.54, 1.807) is 0 Å². The number of rotatable bonds is 6. The summed E-state index contributed by atoms with van der Waals surface area (Å²) in [5, 5.41) is 3.44. The average Bonchev–Trinajstić information content (AvgIpc) is 2.96. The van der Waals surface area contributed by atoms with Crippen LogP contribution in [-0.4, -0.2) is 31.6 Å². The van der Waals surface area contributed by atoms with Crippen molar-refractivity contribution in [2.45, 2.75) is 38.0 Å². The third kappa shape index (κ3) is 4.96. The van der Waals surface area contributed by atoms with Gasteiger partial charge in [-0.1, -0.05) is 36.8 Å². The minimum Gasteiger partial charge on any atom is -0.302 e. The Kier molecular flexibility index (Phi) is 5.90. The van der Waals surface area contributed by atoms with Gasteiger partial charge in [-0.05, 0) is 36.1 Å². The first-order chi connectivity index (χ1) is 13.1. The number of aromatic nitrogens is 1. The van der Waals surface area contributed by atoms with Crippen LogP contribution in [0.5, 0.6) is 0 Å². The maximum Gasteiger partial charge on any atom is 0.240 e. The SMILES string of the molecule is CC1(C)CC(=O)c2sc(NC(=O)CCNS(=O)(=O)c3ccc(Cl)cc3)nc2C1. The molecule has 0 saturated carbocycles. The first-order valence-electron chi connectivity index (χ1n) is 8.64. The number of nitrogens with one attached hydrogen (secondary N) is 2. The summed E-state index contributed by atoms with van der Waals surface area (Å²) in [6.45, 7) is 3.96. The van der Waals surface area contributed by atoms with Crippen molar-refractivity contribution in [1.29, 1.82) is 0 Å². The van der Waals surface area contributed by atoms with Gasteiger partial charge >= 0.3 is 0 Å². The van der Waals surface area contributed by atoms with Gasteiger partial charge in [0.05, 0.1) is 15.5 Å². The zero-order valence-corrected chi connectivity index (χ0v) is 17.8. The molecular weight excluding hydrogens is 422 g/mol. The molecule has 2 aromatic rings. The molecule has 1 amide bonds. The first-order valence-corrected chi connectivity index (χ1v) is 11.3. The Hall–Kier alpha value is -1.81. The summed E-state index contributed by atoms with van der Waals surface area (Å²) in [6, 6.07) is 5.75. The molecule has 0 radical (unpaired) electrons. The maximum absolute atomic E-state index is 12.2. The van der Waals surface area contributed by atoms with Crippen LogP contribution in [0.15, 0.2) is 29.2 Å². The summed E-state index contributed by atoms with van der Waals surface area (Å²) in [5.41, 5.74) is 0.573. The fourth-order valence-corrected chi connectivity index (χ4v) is 5.04. The Morgan fingerprint density at radius 1 is 1.25 bits per heavy atom. The van der Waals surface area contributed by atoms with E-state index in [2.05, 4.69) is 15.0 Å². The van der Waals surface area contributed by atoms with Crippen molar-refractivity contribution in [2.75, 3.05) is 11.9 Å². The second-order valence-electron chi connectivity index (χ2n) is 7.39. The van der Waals surface area contributed by atoms with E-state index in [0.29, 0.717) is 33.6 Å². The molecule has 150 valence electrons. The van der Waals surface area contributed by atoms with Gasteiger partial charge in [-0.3, -0.25) is 9.59 Å². The number of thiazole rings is 1. The molecule has 0 saturated heterocycles. The van der Waals surface area contributed by atoms with Crippen LogP contribution in [0.4, 0.5) is 5.13 Å². The number of anilines is 1. The number of ketones is 1. The molecule has 0 spiro atoms. The number of fused-ring (bicyclic) bond motifs is 1. The fraction of sp³-hybridized carbons (Fsp3) is 0.389. The Labute approximate surface area is 172 Å². The van der Waals surface area contributed by atoms with Crippen molar-refractivity contribution in [1.82, 2.24) is 9.71 Å². The number of hydrogen-bond donors (Lipinski definition) is 2. The van der Waals surface area contributed by atoms with Gasteiger partial charge in [-0.25, -0.2) is 18.1 Å². The van der Waals surface area contributed by atoms with Crippen LogP contribution in [0, 0.1) is 5.41 Å². The van der Waals surface area contributed by atoms with Crippen molar-refractivity contribution in [3.05, 3.63) is 39.9 Å². The normalized spacial score (nSPS) is 15.9. The summed E-state index contributed by atoms with van der Waals surface area (Å²) >= 11 is 6.92. The van der Waals surface area contributed by atoms with Crippen molar-refractivity contribution in [3.8, 4) is 0 Å². The van der Waals surface area contributed by atoms with Gasteiger partial charge in [0.1, 0.15) is 0 Å². The molecule has 1 heterocycles. The minimum absolute atomic E-state index is 0.0416. The van der Waals surface area contributed by atoms with E-state index in [1.165, 1.54) is 35.6 Å². The molecule has 0 fully saturated rings. The third-order valence-electron chi connectivity index (χ3n) is 4.25. The van der Waals surface area contributed by atoms with Crippen LogP contribution in [0.25, 0.3) is 0 Å². The average molecular weight is 442 g/mol. The minimum atomic E-state index is -3.71. The summed E-state index contributed by atoms with van der Waals surface area (Å²) < 4.78 is 26.7. The molecule has 0 bridgehead atoms. The molecule has 2 N–H and O–H groups in total. The number of carbonyl (C=O) groups is 2. The van der Waals surface area contributed by atoms with E-state index in [-0.39, 0.29) is 35.0 Å². The fourth-order valence-electron chi connectivity index (χ4n) is 2.95. The van der Waals surface area contributed by atoms with E-state index < -0.39 is 10.0 Å². The number of sulfonamides is 1. The van der Waals surface area contributed by atoms with Crippen molar-refractivity contribution >= 4 is 49.8 Å². The van der Waals surface area contributed by atoms with Gasteiger partial charge in [0.2, 0.25) is 15.9 Å². The molecule has 1 aliphatic rings. The van der Waals surface area contributed by atoms with Gasteiger partial charge < -0.3 is 5.32 Å². The van der Waals surface area contributed by atoms with Crippen molar-refractivity contribution in [3.63, 3.8) is 0 Å². The maximum atomic E-state index is 12.2. The second kappa shape index (κ2) is 7.90. The van der Waals surface area contributed by atoms with Crippen molar-refractivity contribution in [2.24, 2.45) is 5.41 Å². The lowest BCUT2D eigenvalue weighted by molar-refractivity contribution is -0.116. The van der Waals surface area contributed by atoms with E-state index in [0.717, 1.165) is 0 Å². The number of hydrogen-bond acceptors (Lipinski definition) is 6. The Bertz CT molecular complexity index is 1010. The molecule has 7 nitrogen and oxygen atoms in total. The van der Waals surface area contributed by atoms with Crippen molar-refractivity contribution < 1.29 is 18.0 Å². The highest BCUT2D eigenvalue weighted by Crippen LogP contribution is 2.38. The van der Waals surface area contributed by atoms with Crippen LogP contribution >= 0.6 is 22.9 Å². The zero-order chi connectivity index (χ0) is 20.5. The topological polar surface area (TPSA) is 105 Å². The second-order valence-corrected chi connectivity index (χ2v) is 10.6. The monoisotopic (exact) mass is 441 g/mol. The largest absolute Gasteiger partial charge is 0.302 e. The van der Waals surface area contributed by atoms with Gasteiger partial charge in [-0.15, -0.1) is 0 Å². The van der Waals surface area contributed by atoms with E-state index in [4.69, 9.17) is 11.6 Å². The Balaban J connectivity index is 1.55. The summed E-state index contributed by atoms with van der Waals surface area (Å²) in [4.78, 5) is 29.4. The molecule has 28 heavy (non-hydrogen) atoms. The van der Waals surface area contributed by atoms with E-state index in [9.17, 15) is 18.0 Å². The molecular formula is C18H20ClN3O4S2. The number of halogens is 1. The highest BCUT2D eigenvalue weighted by Gasteiger charge is 2.34. The molecule has 0 aliphatic heterocycles. The molecule has 1 aliphatic carbocycles. The number of nitrogens with zero attached hydrogens (tertiary/aromatic N) is 1. The van der Waals surface area contributed by atoms with Gasteiger partial charge in [0.15, 0.2) is 10.9 Å². The lowest BCUT2D eigenvalue weighted by Crippen LogP contribution is -2.27. The van der Waals surface area contributed by atoms with Crippen LogP contribution in [0.2, 0.25) is 5.02 Å². The number of benzene rings is 1. The van der Waals surface area contributed by atoms with E-state index >= 15 is 0 Å². The molecule has 10 heteroatoms. The molecule has 1 aromatic carbocycles. The molecule has 0 unspecified atom stereocenters. The predicted molar refractivity (Wildman–Crippen MR) is 108 cm³/mol.